The molecule has 0 aromatic heterocycles. The molecule has 96 valence electrons. The Morgan fingerprint density at radius 2 is 2.18 bits per heavy atom. The van der Waals surface area contributed by atoms with Crippen LogP contribution < -0.4 is 5.32 Å². The van der Waals surface area contributed by atoms with Crippen molar-refractivity contribution in [2.24, 2.45) is 0 Å². The minimum atomic E-state index is -0.189. The first-order valence-corrected chi connectivity index (χ1v) is 6.29. The second-order valence-electron chi connectivity index (χ2n) is 4.45. The van der Waals surface area contributed by atoms with Crippen molar-refractivity contribution in [3.63, 3.8) is 0 Å². The monoisotopic (exact) mass is 239 g/mol. The maximum atomic E-state index is 13.1. The largest absolute Gasteiger partial charge is 0.396 e. The van der Waals surface area contributed by atoms with Crippen LogP contribution in [0.2, 0.25) is 0 Å². The Morgan fingerprint density at radius 3 is 2.76 bits per heavy atom. The van der Waals surface area contributed by atoms with Gasteiger partial charge in [-0.3, -0.25) is 0 Å². The zero-order valence-corrected chi connectivity index (χ0v) is 10.6. The number of aliphatic hydroxyl groups is 1. The third-order valence-electron chi connectivity index (χ3n) is 2.94. The average Bonchev–Trinajstić information content (AvgIpc) is 2.33. The summed E-state index contributed by atoms with van der Waals surface area (Å²) in [5.41, 5.74) is 0.989. The smallest absolute Gasteiger partial charge is 0.123 e. The molecule has 17 heavy (non-hydrogen) atoms. The van der Waals surface area contributed by atoms with E-state index in [-0.39, 0.29) is 18.5 Å². The Labute approximate surface area is 103 Å². The lowest BCUT2D eigenvalue weighted by Gasteiger charge is -2.22. The summed E-state index contributed by atoms with van der Waals surface area (Å²) in [6.45, 7) is 4.40. The molecule has 2 atom stereocenters. The molecule has 0 saturated heterocycles. The summed E-state index contributed by atoms with van der Waals surface area (Å²) >= 11 is 0. The number of benzene rings is 1. The van der Waals surface area contributed by atoms with Crippen LogP contribution in [-0.4, -0.2) is 17.8 Å². The van der Waals surface area contributed by atoms with Crippen LogP contribution in [0.3, 0.4) is 0 Å². The molecule has 2 N–H and O–H groups in total. The molecule has 0 saturated carbocycles. The topological polar surface area (TPSA) is 32.3 Å². The third kappa shape index (κ3) is 4.84. The Hall–Kier alpha value is -0.930. The van der Waals surface area contributed by atoms with Gasteiger partial charge >= 0.3 is 0 Å². The fourth-order valence-corrected chi connectivity index (χ4v) is 2.00. The molecule has 0 aliphatic rings. The molecule has 2 nitrogen and oxygen atoms in total. The summed E-state index contributed by atoms with van der Waals surface area (Å²) in [7, 11) is 0. The molecule has 1 aromatic rings. The van der Waals surface area contributed by atoms with Crippen LogP contribution in [0.25, 0.3) is 0 Å². The number of nitrogens with one attached hydrogen (secondary N) is 1. The van der Waals surface area contributed by atoms with Crippen molar-refractivity contribution in [1.82, 2.24) is 5.32 Å². The minimum Gasteiger partial charge on any atom is -0.396 e. The fraction of sp³-hybridized carbons (Fsp3) is 0.571. The lowest BCUT2D eigenvalue weighted by molar-refractivity contribution is 0.273. The number of halogens is 1. The van der Waals surface area contributed by atoms with E-state index in [1.165, 1.54) is 6.07 Å². The molecule has 3 heteroatoms. The van der Waals surface area contributed by atoms with Gasteiger partial charge in [0.2, 0.25) is 0 Å². The highest BCUT2D eigenvalue weighted by atomic mass is 19.1. The summed E-state index contributed by atoms with van der Waals surface area (Å²) in [5.74, 6) is -0.189. The van der Waals surface area contributed by atoms with Crippen LogP contribution in [0.4, 0.5) is 4.39 Å². The van der Waals surface area contributed by atoms with E-state index in [4.69, 9.17) is 5.11 Å². The number of aliphatic hydroxyl groups excluding tert-OH is 1. The lowest BCUT2D eigenvalue weighted by atomic mass is 10.0. The first-order valence-electron chi connectivity index (χ1n) is 6.29. The van der Waals surface area contributed by atoms with Gasteiger partial charge in [0.1, 0.15) is 5.82 Å². The van der Waals surface area contributed by atoms with Crippen molar-refractivity contribution >= 4 is 0 Å². The van der Waals surface area contributed by atoms with Gasteiger partial charge in [0.05, 0.1) is 0 Å². The maximum absolute atomic E-state index is 13.1. The van der Waals surface area contributed by atoms with Crippen LogP contribution in [0.15, 0.2) is 24.3 Å². The molecule has 0 fully saturated rings. The Balaban J connectivity index is 2.59. The van der Waals surface area contributed by atoms with Gasteiger partial charge in [-0.2, -0.15) is 0 Å². The molecule has 0 radical (unpaired) electrons. The van der Waals surface area contributed by atoms with Gasteiger partial charge in [0.15, 0.2) is 0 Å². The number of hydrogen-bond acceptors (Lipinski definition) is 2. The number of hydrogen-bond donors (Lipinski definition) is 2. The average molecular weight is 239 g/mol. The van der Waals surface area contributed by atoms with Gasteiger partial charge in [-0.05, 0) is 43.9 Å². The van der Waals surface area contributed by atoms with Crippen molar-refractivity contribution in [2.75, 3.05) is 6.61 Å². The van der Waals surface area contributed by atoms with Gasteiger partial charge < -0.3 is 10.4 Å². The van der Waals surface area contributed by atoms with E-state index in [9.17, 15) is 4.39 Å². The third-order valence-corrected chi connectivity index (χ3v) is 2.94. The maximum Gasteiger partial charge on any atom is 0.123 e. The minimum absolute atomic E-state index is 0.180. The molecule has 0 bridgehead atoms. The van der Waals surface area contributed by atoms with Crippen LogP contribution in [0.1, 0.15) is 44.7 Å². The standard InChI is InChI=1S/C14H22FNO/c1-3-14(16-11(2)6-5-9-17)12-7-4-8-13(15)10-12/h4,7-8,10-11,14,16-17H,3,5-6,9H2,1-2H3. The molecule has 2 unspecified atom stereocenters. The zero-order chi connectivity index (χ0) is 12.7. The molecule has 0 amide bonds. The predicted molar refractivity (Wildman–Crippen MR) is 68.3 cm³/mol. The predicted octanol–water partition coefficient (Wildman–Crippen LogP) is 3.03. The van der Waals surface area contributed by atoms with Crippen molar-refractivity contribution in [1.29, 1.82) is 0 Å². The van der Waals surface area contributed by atoms with Crippen LogP contribution in [-0.2, 0) is 0 Å². The Kier molecular flexibility index (Phi) is 6.16. The second-order valence-corrected chi connectivity index (χ2v) is 4.45. The molecule has 0 aliphatic carbocycles. The van der Waals surface area contributed by atoms with E-state index in [0.29, 0.717) is 6.04 Å². The van der Waals surface area contributed by atoms with Gasteiger partial charge in [0, 0.05) is 18.7 Å². The highest BCUT2D eigenvalue weighted by Gasteiger charge is 2.12. The van der Waals surface area contributed by atoms with Crippen LogP contribution in [0.5, 0.6) is 0 Å². The van der Waals surface area contributed by atoms with E-state index in [0.717, 1.165) is 24.8 Å². The van der Waals surface area contributed by atoms with Crippen molar-refractivity contribution in [2.45, 2.75) is 45.2 Å². The normalized spacial score (nSPS) is 14.6. The Morgan fingerprint density at radius 1 is 1.41 bits per heavy atom. The molecule has 1 rings (SSSR count). The summed E-state index contributed by atoms with van der Waals surface area (Å²) < 4.78 is 13.1. The molecular formula is C14H22FNO. The van der Waals surface area contributed by atoms with Crippen LogP contribution in [0, 0.1) is 5.82 Å². The second kappa shape index (κ2) is 7.41. The van der Waals surface area contributed by atoms with E-state index >= 15 is 0 Å². The van der Waals surface area contributed by atoms with Gasteiger partial charge in [-0.15, -0.1) is 0 Å². The lowest BCUT2D eigenvalue weighted by Crippen LogP contribution is -2.30. The fourth-order valence-electron chi connectivity index (χ4n) is 2.00. The van der Waals surface area contributed by atoms with Gasteiger partial charge in [-0.25, -0.2) is 4.39 Å². The van der Waals surface area contributed by atoms with Crippen molar-refractivity contribution in [3.05, 3.63) is 35.6 Å². The highest BCUT2D eigenvalue weighted by Crippen LogP contribution is 2.18. The molecule has 0 spiro atoms. The van der Waals surface area contributed by atoms with E-state index in [1.54, 1.807) is 12.1 Å². The van der Waals surface area contributed by atoms with Crippen molar-refractivity contribution < 1.29 is 9.50 Å². The van der Waals surface area contributed by atoms with Crippen molar-refractivity contribution in [3.8, 4) is 0 Å². The Bertz CT molecular complexity index is 330. The van der Waals surface area contributed by atoms with Gasteiger partial charge in [-0.1, -0.05) is 19.1 Å². The molecule has 0 heterocycles. The molecular weight excluding hydrogens is 217 g/mol. The summed E-state index contributed by atoms with van der Waals surface area (Å²) in [6, 6.07) is 7.25. The van der Waals surface area contributed by atoms with E-state index in [2.05, 4.69) is 19.2 Å². The quantitative estimate of drug-likeness (QED) is 0.766. The van der Waals surface area contributed by atoms with E-state index in [1.807, 2.05) is 6.07 Å². The summed E-state index contributed by atoms with van der Waals surface area (Å²) in [5, 5.41) is 12.2. The first kappa shape index (κ1) is 14.1. The SMILES string of the molecule is CCC(NC(C)CCCO)c1cccc(F)c1. The zero-order valence-electron chi connectivity index (χ0n) is 10.6. The first-order chi connectivity index (χ1) is 8.17. The van der Waals surface area contributed by atoms with Gasteiger partial charge in [0.25, 0.3) is 0 Å². The van der Waals surface area contributed by atoms with Crippen LogP contribution >= 0.6 is 0 Å². The molecule has 1 aromatic carbocycles. The summed E-state index contributed by atoms with van der Waals surface area (Å²) in [6.07, 6.45) is 2.66. The number of rotatable bonds is 7. The molecule has 0 aliphatic heterocycles. The van der Waals surface area contributed by atoms with E-state index < -0.39 is 0 Å². The summed E-state index contributed by atoms with van der Waals surface area (Å²) in [4.78, 5) is 0. The highest BCUT2D eigenvalue weighted by molar-refractivity contribution is 5.20.